The van der Waals surface area contributed by atoms with E-state index in [9.17, 15) is 13.9 Å². The number of fused-ring (bicyclic) bond motifs is 3. The van der Waals surface area contributed by atoms with Gasteiger partial charge >= 0.3 is 6.01 Å². The predicted octanol–water partition coefficient (Wildman–Crippen LogP) is 4.99. The van der Waals surface area contributed by atoms with Gasteiger partial charge in [0.05, 0.1) is 29.2 Å². The molecule has 3 saturated heterocycles. The Labute approximate surface area is 246 Å². The number of aromatic hydroxyl groups is 1. The Morgan fingerprint density at radius 2 is 2.07 bits per heavy atom. The fourth-order valence-electron chi connectivity index (χ4n) is 6.93. The molecule has 8 nitrogen and oxygen atoms in total. The molecule has 2 aromatic heterocycles. The second-order valence-corrected chi connectivity index (χ2v) is 11.7. The van der Waals surface area contributed by atoms with Crippen molar-refractivity contribution in [3.8, 4) is 35.4 Å². The summed E-state index contributed by atoms with van der Waals surface area (Å²) in [7, 11) is 0. The number of phenolic OH excluding ortho intramolecular Hbond substituents is 1. The molecular weight excluding hydrogens is 559 g/mol. The van der Waals surface area contributed by atoms with Crippen LogP contribution in [0.25, 0.3) is 32.9 Å². The predicted molar refractivity (Wildman–Crippen MR) is 156 cm³/mol. The molecule has 4 aromatic rings. The molecule has 0 radical (unpaired) electrons. The summed E-state index contributed by atoms with van der Waals surface area (Å²) in [5, 5.41) is 11.5. The van der Waals surface area contributed by atoms with Gasteiger partial charge in [-0.2, -0.15) is 9.97 Å². The van der Waals surface area contributed by atoms with Crippen LogP contribution in [0.5, 0.6) is 11.8 Å². The average molecular weight is 590 g/mol. The van der Waals surface area contributed by atoms with Crippen LogP contribution in [-0.2, 0) is 4.74 Å². The van der Waals surface area contributed by atoms with Gasteiger partial charge in [-0.05, 0) is 49.9 Å². The number of halogens is 3. The van der Waals surface area contributed by atoms with Gasteiger partial charge in [0.15, 0.2) is 5.82 Å². The minimum absolute atomic E-state index is 0.0302. The summed E-state index contributed by atoms with van der Waals surface area (Å²) in [6.45, 7) is 4.80. The van der Waals surface area contributed by atoms with E-state index < -0.39 is 23.3 Å². The molecule has 1 N–H and O–H groups in total. The van der Waals surface area contributed by atoms with Gasteiger partial charge in [0, 0.05) is 43.2 Å². The van der Waals surface area contributed by atoms with Crippen molar-refractivity contribution in [3.05, 3.63) is 47.7 Å². The average Bonchev–Trinajstić information content (AvgIpc) is 3.51. The zero-order valence-electron chi connectivity index (χ0n) is 23.6. The Morgan fingerprint density at radius 1 is 1.21 bits per heavy atom. The smallest absolute Gasteiger partial charge is 0.319 e. The van der Waals surface area contributed by atoms with Crippen LogP contribution in [0.4, 0.5) is 19.0 Å². The standard InChI is InChI=1S/C32H30F3N5O3/c1-3-22-25(34)6-5-19-11-21(41)12-23(26(19)22)28-27(35)29-24(14-36-28)30(39-9-10-42-18(2)15-39)38-31(37-29)43-17-32-7-4-8-40(32)16-20(33)13-32/h1,5-6,11-12,14,18,20,41H,4,7-10,13,15-17H2,2H3/t18-,20+,32-/m0/s1. The van der Waals surface area contributed by atoms with Gasteiger partial charge in [-0.25, -0.2) is 13.2 Å². The summed E-state index contributed by atoms with van der Waals surface area (Å²) in [6.07, 6.45) is 8.24. The minimum Gasteiger partial charge on any atom is -0.508 e. The number of morpholine rings is 1. The molecule has 0 saturated carbocycles. The SMILES string of the molecule is C#Cc1c(F)ccc2cc(O)cc(-c3ncc4c(N5CCO[C@@H](C)C5)nc(OC[C@@]56CCCN5C[C@H](F)C6)nc4c3F)c12. The Bertz CT molecular complexity index is 1800. The zero-order valence-corrected chi connectivity index (χ0v) is 23.6. The van der Waals surface area contributed by atoms with Crippen LogP contribution in [-0.4, -0.2) is 82.2 Å². The molecule has 7 rings (SSSR count). The van der Waals surface area contributed by atoms with Crippen molar-refractivity contribution in [2.45, 2.75) is 44.0 Å². The van der Waals surface area contributed by atoms with E-state index in [2.05, 4.69) is 20.8 Å². The maximum atomic E-state index is 16.6. The van der Waals surface area contributed by atoms with E-state index in [0.29, 0.717) is 49.3 Å². The largest absolute Gasteiger partial charge is 0.508 e. The molecule has 222 valence electrons. The van der Waals surface area contributed by atoms with Crippen LogP contribution < -0.4 is 9.64 Å². The highest BCUT2D eigenvalue weighted by molar-refractivity contribution is 6.03. The number of hydrogen-bond acceptors (Lipinski definition) is 8. The van der Waals surface area contributed by atoms with Crippen molar-refractivity contribution < 1.29 is 27.8 Å². The molecule has 0 aliphatic carbocycles. The van der Waals surface area contributed by atoms with Gasteiger partial charge in [-0.1, -0.05) is 12.0 Å². The molecular formula is C32H30F3N5O3. The number of nitrogens with zero attached hydrogens (tertiary/aromatic N) is 5. The van der Waals surface area contributed by atoms with Crippen molar-refractivity contribution in [3.63, 3.8) is 0 Å². The second kappa shape index (κ2) is 10.5. The Kier molecular flexibility index (Phi) is 6.78. The molecule has 2 aromatic carbocycles. The Morgan fingerprint density at radius 3 is 2.88 bits per heavy atom. The Balaban J connectivity index is 1.38. The van der Waals surface area contributed by atoms with Gasteiger partial charge in [-0.3, -0.25) is 9.88 Å². The molecule has 3 aliphatic rings. The first kappa shape index (κ1) is 27.7. The van der Waals surface area contributed by atoms with Gasteiger partial charge in [0.25, 0.3) is 0 Å². The monoisotopic (exact) mass is 589 g/mol. The van der Waals surface area contributed by atoms with E-state index in [0.717, 1.165) is 19.4 Å². The minimum atomic E-state index is -0.923. The van der Waals surface area contributed by atoms with Crippen LogP contribution in [0.1, 0.15) is 31.7 Å². The lowest BCUT2D eigenvalue weighted by atomic mass is 9.95. The summed E-state index contributed by atoms with van der Waals surface area (Å²) >= 11 is 0. The lowest BCUT2D eigenvalue weighted by molar-refractivity contribution is 0.0529. The van der Waals surface area contributed by atoms with E-state index in [-0.39, 0.29) is 52.2 Å². The Hall–Kier alpha value is -4.14. The van der Waals surface area contributed by atoms with Crippen molar-refractivity contribution in [1.29, 1.82) is 0 Å². The van der Waals surface area contributed by atoms with Crippen LogP contribution in [0.15, 0.2) is 30.5 Å². The van der Waals surface area contributed by atoms with E-state index >= 15 is 4.39 Å². The zero-order chi connectivity index (χ0) is 29.9. The summed E-state index contributed by atoms with van der Waals surface area (Å²) in [5.74, 6) is 1.20. The number of anilines is 1. The lowest BCUT2D eigenvalue weighted by Gasteiger charge is -2.33. The van der Waals surface area contributed by atoms with Crippen molar-refractivity contribution in [2.75, 3.05) is 44.3 Å². The van der Waals surface area contributed by atoms with Crippen molar-refractivity contribution >= 4 is 27.5 Å². The van der Waals surface area contributed by atoms with Crippen molar-refractivity contribution in [2.24, 2.45) is 0 Å². The van der Waals surface area contributed by atoms with Crippen LogP contribution in [0, 0.1) is 24.0 Å². The van der Waals surface area contributed by atoms with Crippen LogP contribution >= 0.6 is 0 Å². The third-order valence-electron chi connectivity index (χ3n) is 8.87. The molecule has 43 heavy (non-hydrogen) atoms. The van der Waals surface area contributed by atoms with Crippen LogP contribution in [0.2, 0.25) is 0 Å². The highest BCUT2D eigenvalue weighted by Gasteiger charge is 2.49. The quantitative estimate of drug-likeness (QED) is 0.326. The van der Waals surface area contributed by atoms with Gasteiger partial charge in [0.2, 0.25) is 0 Å². The number of benzene rings is 2. The summed E-state index contributed by atoms with van der Waals surface area (Å²) in [4.78, 5) is 17.7. The summed E-state index contributed by atoms with van der Waals surface area (Å²) in [6, 6.07) is 5.39. The van der Waals surface area contributed by atoms with E-state index in [1.54, 1.807) is 0 Å². The normalized spacial score (nSPS) is 24.0. The van der Waals surface area contributed by atoms with E-state index in [1.807, 2.05) is 11.8 Å². The van der Waals surface area contributed by atoms with Crippen LogP contribution in [0.3, 0.4) is 0 Å². The first-order valence-electron chi connectivity index (χ1n) is 14.4. The second-order valence-electron chi connectivity index (χ2n) is 11.7. The number of aromatic nitrogens is 3. The number of pyridine rings is 1. The number of phenols is 1. The molecule has 0 unspecified atom stereocenters. The third-order valence-corrected chi connectivity index (χ3v) is 8.87. The maximum absolute atomic E-state index is 16.6. The molecule has 3 aliphatic heterocycles. The molecule has 0 bridgehead atoms. The van der Waals surface area contributed by atoms with E-state index in [1.165, 1.54) is 30.5 Å². The first-order valence-corrected chi connectivity index (χ1v) is 14.4. The van der Waals surface area contributed by atoms with Gasteiger partial charge < -0.3 is 19.5 Å². The van der Waals surface area contributed by atoms with Crippen molar-refractivity contribution in [1.82, 2.24) is 19.9 Å². The highest BCUT2D eigenvalue weighted by Crippen LogP contribution is 2.41. The molecule has 0 spiro atoms. The number of hydrogen-bond donors (Lipinski definition) is 1. The maximum Gasteiger partial charge on any atom is 0.319 e. The fourth-order valence-corrected chi connectivity index (χ4v) is 6.93. The fraction of sp³-hybridized carbons (Fsp3) is 0.406. The van der Waals surface area contributed by atoms with Gasteiger partial charge in [0.1, 0.15) is 41.4 Å². The van der Waals surface area contributed by atoms with Gasteiger partial charge in [-0.15, -0.1) is 6.42 Å². The summed E-state index contributed by atoms with van der Waals surface area (Å²) in [5.41, 5.74) is -0.576. The first-order chi connectivity index (χ1) is 20.8. The summed E-state index contributed by atoms with van der Waals surface area (Å²) < 4.78 is 57.6. The molecule has 11 heteroatoms. The molecule has 3 fully saturated rings. The lowest BCUT2D eigenvalue weighted by Crippen LogP contribution is -2.44. The molecule has 0 amide bonds. The number of alkyl halides is 1. The number of terminal acetylenes is 1. The topological polar surface area (TPSA) is 83.8 Å². The molecule has 3 atom stereocenters. The highest BCUT2D eigenvalue weighted by atomic mass is 19.1. The third kappa shape index (κ3) is 4.69. The number of ether oxygens (including phenoxy) is 2. The number of rotatable bonds is 5. The molecule has 5 heterocycles. The van der Waals surface area contributed by atoms with E-state index in [4.69, 9.17) is 20.9 Å².